The smallest absolute Gasteiger partial charge is 0.289 e. The van der Waals surface area contributed by atoms with E-state index in [9.17, 15) is 13.2 Å². The van der Waals surface area contributed by atoms with Gasteiger partial charge in [0.25, 0.3) is 5.91 Å². The summed E-state index contributed by atoms with van der Waals surface area (Å²) >= 11 is 3.15. The molecular formula is C19H20N2O4S3. The zero-order valence-corrected chi connectivity index (χ0v) is 18.0. The van der Waals surface area contributed by atoms with E-state index in [-0.39, 0.29) is 29.2 Å². The molecule has 148 valence electrons. The molecule has 0 saturated carbocycles. The van der Waals surface area contributed by atoms with Gasteiger partial charge >= 0.3 is 0 Å². The Bertz CT molecular complexity index is 1130. The summed E-state index contributed by atoms with van der Waals surface area (Å²) in [5.74, 6) is 0.708. The summed E-state index contributed by atoms with van der Waals surface area (Å²) in [6, 6.07) is 7.26. The Labute approximate surface area is 171 Å². The molecule has 0 bridgehead atoms. The SMILES string of the molecule is Cc1csc(SCc2c(C(=O)N(C)[C@H]3CCS(=O)(=O)C3)oc3ccccc23)n1. The van der Waals surface area contributed by atoms with Crippen LogP contribution in [0.2, 0.25) is 0 Å². The van der Waals surface area contributed by atoms with Gasteiger partial charge in [-0.25, -0.2) is 13.4 Å². The molecule has 28 heavy (non-hydrogen) atoms. The summed E-state index contributed by atoms with van der Waals surface area (Å²) in [7, 11) is -1.42. The van der Waals surface area contributed by atoms with Crippen molar-refractivity contribution < 1.29 is 17.6 Å². The molecule has 1 fully saturated rings. The Hall–Kier alpha value is -1.84. The number of rotatable bonds is 5. The summed E-state index contributed by atoms with van der Waals surface area (Å²) < 4.78 is 30.5. The fourth-order valence-electron chi connectivity index (χ4n) is 3.35. The molecule has 0 aliphatic carbocycles. The number of thioether (sulfide) groups is 1. The molecule has 0 unspecified atom stereocenters. The van der Waals surface area contributed by atoms with Gasteiger partial charge in [0.05, 0.1) is 11.5 Å². The summed E-state index contributed by atoms with van der Waals surface area (Å²) in [4.78, 5) is 19.1. The number of nitrogens with zero attached hydrogens (tertiary/aromatic N) is 2. The molecule has 3 aromatic rings. The first kappa shape index (κ1) is 19.5. The highest BCUT2D eigenvalue weighted by atomic mass is 32.2. The van der Waals surface area contributed by atoms with Crippen LogP contribution in [0.3, 0.4) is 0 Å². The van der Waals surface area contributed by atoms with Crippen LogP contribution in [0.1, 0.15) is 28.2 Å². The molecule has 1 aromatic carbocycles. The quantitative estimate of drug-likeness (QED) is 0.567. The van der Waals surface area contributed by atoms with E-state index in [0.29, 0.717) is 17.8 Å². The third-order valence-corrected chi connectivity index (χ3v) is 8.82. The number of carbonyl (C=O) groups is 1. The van der Waals surface area contributed by atoms with Crippen LogP contribution in [-0.2, 0) is 15.6 Å². The van der Waals surface area contributed by atoms with Crippen LogP contribution >= 0.6 is 23.1 Å². The molecule has 6 nitrogen and oxygen atoms in total. The Morgan fingerprint density at radius 1 is 1.39 bits per heavy atom. The molecule has 1 aliphatic rings. The van der Waals surface area contributed by atoms with Gasteiger partial charge in [0.1, 0.15) is 9.92 Å². The van der Waals surface area contributed by atoms with Crippen LogP contribution in [0.4, 0.5) is 0 Å². The van der Waals surface area contributed by atoms with Crippen molar-refractivity contribution in [2.24, 2.45) is 0 Å². The molecular weight excluding hydrogens is 416 g/mol. The molecule has 0 spiro atoms. The van der Waals surface area contributed by atoms with E-state index < -0.39 is 9.84 Å². The van der Waals surface area contributed by atoms with Crippen LogP contribution in [0.15, 0.2) is 38.4 Å². The molecule has 2 aromatic heterocycles. The number of hydrogen-bond acceptors (Lipinski definition) is 7. The Morgan fingerprint density at radius 2 is 2.18 bits per heavy atom. The van der Waals surface area contributed by atoms with Gasteiger partial charge < -0.3 is 9.32 Å². The van der Waals surface area contributed by atoms with Gasteiger partial charge in [-0.15, -0.1) is 11.3 Å². The number of benzene rings is 1. The number of fused-ring (bicyclic) bond motifs is 1. The molecule has 1 aliphatic heterocycles. The minimum absolute atomic E-state index is 0.0118. The van der Waals surface area contributed by atoms with Crippen molar-refractivity contribution in [1.82, 2.24) is 9.88 Å². The predicted molar refractivity (Wildman–Crippen MR) is 112 cm³/mol. The average Bonchev–Trinajstić information content (AvgIpc) is 3.35. The van der Waals surface area contributed by atoms with E-state index in [1.54, 1.807) is 30.1 Å². The van der Waals surface area contributed by atoms with E-state index in [4.69, 9.17) is 4.42 Å². The topological polar surface area (TPSA) is 80.5 Å². The highest BCUT2D eigenvalue weighted by Gasteiger charge is 2.35. The number of hydrogen-bond donors (Lipinski definition) is 0. The summed E-state index contributed by atoms with van der Waals surface area (Å²) in [6.07, 6.45) is 0.466. The Morgan fingerprint density at radius 3 is 2.86 bits per heavy atom. The lowest BCUT2D eigenvalue weighted by molar-refractivity contribution is 0.0717. The first-order valence-electron chi connectivity index (χ1n) is 8.87. The predicted octanol–water partition coefficient (Wildman–Crippen LogP) is 3.75. The fraction of sp³-hybridized carbons (Fsp3) is 0.368. The summed E-state index contributed by atoms with van der Waals surface area (Å²) in [5, 5.41) is 2.90. The van der Waals surface area contributed by atoms with Gasteiger partial charge in [0.2, 0.25) is 0 Å². The lowest BCUT2D eigenvalue weighted by Gasteiger charge is -2.22. The van der Waals surface area contributed by atoms with Crippen LogP contribution in [0.5, 0.6) is 0 Å². The molecule has 1 amide bonds. The maximum Gasteiger partial charge on any atom is 0.289 e. The van der Waals surface area contributed by atoms with E-state index in [1.807, 2.05) is 36.6 Å². The highest BCUT2D eigenvalue weighted by molar-refractivity contribution is 8.00. The van der Waals surface area contributed by atoms with Crippen LogP contribution in [0.25, 0.3) is 11.0 Å². The van der Waals surface area contributed by atoms with E-state index in [0.717, 1.165) is 21.0 Å². The second-order valence-electron chi connectivity index (χ2n) is 6.92. The minimum atomic E-state index is -3.07. The number of sulfone groups is 1. The molecule has 1 saturated heterocycles. The maximum absolute atomic E-state index is 13.2. The first-order chi connectivity index (χ1) is 13.3. The van der Waals surface area contributed by atoms with Gasteiger partial charge in [0.15, 0.2) is 15.6 Å². The second-order valence-corrected chi connectivity index (χ2v) is 11.2. The van der Waals surface area contributed by atoms with Gasteiger partial charge in [-0.3, -0.25) is 4.79 Å². The van der Waals surface area contributed by atoms with Crippen molar-refractivity contribution in [1.29, 1.82) is 0 Å². The van der Waals surface area contributed by atoms with Gasteiger partial charge in [-0.05, 0) is 19.4 Å². The molecule has 0 radical (unpaired) electrons. The van der Waals surface area contributed by atoms with E-state index in [2.05, 4.69) is 4.98 Å². The normalized spacial score (nSPS) is 18.6. The molecule has 0 N–H and O–H groups in total. The number of aryl methyl sites for hydroxylation is 1. The van der Waals surface area contributed by atoms with E-state index in [1.165, 1.54) is 4.90 Å². The average molecular weight is 437 g/mol. The van der Waals surface area contributed by atoms with Gasteiger partial charge in [-0.2, -0.15) is 0 Å². The number of thiazole rings is 1. The summed E-state index contributed by atoms with van der Waals surface area (Å²) in [5.41, 5.74) is 2.46. The minimum Gasteiger partial charge on any atom is -0.451 e. The van der Waals surface area contributed by atoms with Crippen molar-refractivity contribution in [3.8, 4) is 0 Å². The largest absolute Gasteiger partial charge is 0.451 e. The maximum atomic E-state index is 13.2. The third-order valence-electron chi connectivity index (χ3n) is 4.91. The lowest BCUT2D eigenvalue weighted by Crippen LogP contribution is -2.38. The number of para-hydroxylation sites is 1. The number of amides is 1. The van der Waals surface area contributed by atoms with Gasteiger partial charge in [0, 0.05) is 40.9 Å². The lowest BCUT2D eigenvalue weighted by atomic mass is 10.1. The first-order valence-corrected chi connectivity index (χ1v) is 12.6. The van der Waals surface area contributed by atoms with Crippen LogP contribution in [-0.4, -0.2) is 48.8 Å². The Kier molecular flexibility index (Phi) is 5.24. The van der Waals surface area contributed by atoms with Crippen molar-refractivity contribution in [2.75, 3.05) is 18.6 Å². The standard InChI is InChI=1S/C19H20N2O4S3/c1-12-9-26-19(20-12)27-10-15-14-5-3-4-6-16(14)25-17(15)18(22)21(2)13-7-8-28(23,24)11-13/h3-6,9,13H,7-8,10-11H2,1-2H3/t13-/m0/s1. The molecule has 1 atom stereocenters. The zero-order valence-electron chi connectivity index (χ0n) is 15.5. The Balaban J connectivity index is 1.64. The number of furan rings is 1. The van der Waals surface area contributed by atoms with Crippen LogP contribution in [0, 0.1) is 6.92 Å². The third kappa shape index (κ3) is 3.83. The van der Waals surface area contributed by atoms with Crippen molar-refractivity contribution in [2.45, 2.75) is 29.5 Å². The molecule has 3 heterocycles. The molecule has 4 rings (SSSR count). The van der Waals surface area contributed by atoms with Crippen LogP contribution < -0.4 is 0 Å². The van der Waals surface area contributed by atoms with Gasteiger partial charge in [-0.1, -0.05) is 30.0 Å². The van der Waals surface area contributed by atoms with Crippen molar-refractivity contribution in [3.05, 3.63) is 46.7 Å². The monoisotopic (exact) mass is 436 g/mol. The van der Waals surface area contributed by atoms with Crippen molar-refractivity contribution in [3.63, 3.8) is 0 Å². The van der Waals surface area contributed by atoms with Crippen molar-refractivity contribution >= 4 is 49.8 Å². The fourth-order valence-corrected chi connectivity index (χ4v) is 7.01. The number of carbonyl (C=O) groups excluding carboxylic acids is 1. The van der Waals surface area contributed by atoms with E-state index >= 15 is 0 Å². The highest BCUT2D eigenvalue weighted by Crippen LogP contribution is 2.34. The number of aromatic nitrogens is 1. The second kappa shape index (κ2) is 7.53. The summed E-state index contributed by atoms with van der Waals surface area (Å²) in [6.45, 7) is 1.95. The molecule has 9 heteroatoms. The zero-order chi connectivity index (χ0) is 19.9.